The van der Waals surface area contributed by atoms with Gasteiger partial charge >= 0.3 is 0 Å². The fourth-order valence-electron chi connectivity index (χ4n) is 6.20. The molecule has 5 rings (SSSR count). The van der Waals surface area contributed by atoms with Gasteiger partial charge in [-0.2, -0.15) is 0 Å². The van der Waals surface area contributed by atoms with E-state index in [0.29, 0.717) is 12.3 Å². The van der Waals surface area contributed by atoms with Crippen LogP contribution >= 0.6 is 15.9 Å². The Balaban J connectivity index is 1.84. The molecule has 5 aromatic rings. The van der Waals surface area contributed by atoms with Gasteiger partial charge in [0.25, 0.3) is 0 Å². The van der Waals surface area contributed by atoms with E-state index in [1.54, 1.807) is 7.11 Å². The average Bonchev–Trinajstić information content (AvgIpc) is 2.99. The number of nitrogens with zero attached hydrogens (tertiary/aromatic N) is 2. The Morgan fingerprint density at radius 2 is 1.63 bits per heavy atom. The molecule has 0 amide bonds. The average molecular weight is 612 g/mol. The highest BCUT2D eigenvalue weighted by Crippen LogP contribution is 2.50. The van der Waals surface area contributed by atoms with E-state index in [1.165, 1.54) is 0 Å². The summed E-state index contributed by atoms with van der Waals surface area (Å²) < 4.78 is 6.96. The molecular weight excluding hydrogens is 572 g/mol. The number of rotatable bonds is 11. The Labute approximate surface area is 252 Å². The van der Waals surface area contributed by atoms with E-state index in [2.05, 4.69) is 109 Å². The number of benzene rings is 4. The molecule has 0 fully saturated rings. The van der Waals surface area contributed by atoms with Crippen molar-refractivity contribution in [2.24, 2.45) is 0 Å². The molecule has 212 valence electrons. The van der Waals surface area contributed by atoms with E-state index < -0.39 is 11.5 Å². The van der Waals surface area contributed by atoms with E-state index in [1.807, 2.05) is 30.3 Å². The maximum atomic E-state index is 13.5. The molecule has 0 aliphatic heterocycles. The largest absolute Gasteiger partial charge is 0.481 e. The highest BCUT2D eigenvalue weighted by molar-refractivity contribution is 9.10. The molecule has 1 heterocycles. The van der Waals surface area contributed by atoms with Gasteiger partial charge in [0.05, 0.1) is 12.6 Å². The minimum atomic E-state index is -1.28. The van der Waals surface area contributed by atoms with Crippen LogP contribution in [0.15, 0.2) is 102 Å². The monoisotopic (exact) mass is 610 g/mol. The van der Waals surface area contributed by atoms with Crippen LogP contribution in [0.2, 0.25) is 0 Å². The van der Waals surface area contributed by atoms with Crippen molar-refractivity contribution in [3.05, 3.63) is 118 Å². The second-order valence-corrected chi connectivity index (χ2v) is 12.1. The third kappa shape index (κ3) is 6.04. The maximum absolute atomic E-state index is 13.5. The first-order chi connectivity index (χ1) is 19.9. The van der Waals surface area contributed by atoms with Crippen LogP contribution in [0.3, 0.4) is 0 Å². The summed E-state index contributed by atoms with van der Waals surface area (Å²) in [6.07, 6.45) is 3.75. The first-order valence-electron chi connectivity index (χ1n) is 14.4. The molecule has 4 nitrogen and oxygen atoms in total. The lowest BCUT2D eigenvalue weighted by atomic mass is 9.69. The van der Waals surface area contributed by atoms with Gasteiger partial charge in [-0.1, -0.05) is 108 Å². The summed E-state index contributed by atoms with van der Waals surface area (Å²) in [4.78, 5) is 7.21. The zero-order chi connectivity index (χ0) is 29.0. The quantitative estimate of drug-likeness (QED) is 0.162. The van der Waals surface area contributed by atoms with Crippen LogP contribution in [0.1, 0.15) is 55.2 Å². The fraction of sp³-hybridized carbons (Fsp3) is 0.306. The van der Waals surface area contributed by atoms with Gasteiger partial charge in [-0.3, -0.25) is 0 Å². The molecule has 5 heteroatoms. The lowest BCUT2D eigenvalue weighted by Crippen LogP contribution is -2.42. The highest BCUT2D eigenvalue weighted by Gasteiger charge is 2.45. The molecule has 41 heavy (non-hydrogen) atoms. The number of halogens is 1. The molecule has 1 aromatic heterocycles. The number of unbranched alkanes of at least 4 members (excludes halogenated alkanes) is 1. The van der Waals surface area contributed by atoms with Crippen LogP contribution in [0.5, 0.6) is 5.88 Å². The molecular formula is C36H39BrN2O2. The van der Waals surface area contributed by atoms with Gasteiger partial charge in [0.2, 0.25) is 5.88 Å². The molecule has 3 atom stereocenters. The number of methoxy groups -OCH3 is 1. The van der Waals surface area contributed by atoms with Crippen molar-refractivity contribution < 1.29 is 9.84 Å². The van der Waals surface area contributed by atoms with E-state index in [9.17, 15) is 5.11 Å². The van der Waals surface area contributed by atoms with E-state index >= 15 is 0 Å². The van der Waals surface area contributed by atoms with Crippen molar-refractivity contribution in [3.8, 4) is 5.88 Å². The molecule has 0 saturated heterocycles. The predicted octanol–water partition coefficient (Wildman–Crippen LogP) is 8.69. The minimum absolute atomic E-state index is 0.165. The molecule has 4 aromatic carbocycles. The maximum Gasteiger partial charge on any atom is 0.217 e. The van der Waals surface area contributed by atoms with Gasteiger partial charge in [-0.25, -0.2) is 4.98 Å². The van der Waals surface area contributed by atoms with Crippen molar-refractivity contribution in [2.45, 2.75) is 50.2 Å². The Kier molecular flexibility index (Phi) is 9.08. The van der Waals surface area contributed by atoms with Crippen molar-refractivity contribution in [1.82, 2.24) is 9.88 Å². The number of aliphatic hydroxyl groups is 1. The number of ether oxygens (including phenoxy) is 1. The zero-order valence-corrected chi connectivity index (χ0v) is 25.9. The number of pyridine rings is 1. The molecule has 0 aliphatic rings. The molecule has 3 unspecified atom stereocenters. The van der Waals surface area contributed by atoms with Gasteiger partial charge in [-0.15, -0.1) is 0 Å². The number of hydrogen-bond donors (Lipinski definition) is 1. The second kappa shape index (κ2) is 12.7. The molecule has 1 N–H and O–H groups in total. The first kappa shape index (κ1) is 29.2. The van der Waals surface area contributed by atoms with Gasteiger partial charge < -0.3 is 14.7 Å². The summed E-state index contributed by atoms with van der Waals surface area (Å²) in [6.45, 7) is 2.22. The fourth-order valence-corrected chi connectivity index (χ4v) is 6.58. The summed E-state index contributed by atoms with van der Waals surface area (Å²) in [5, 5.41) is 16.7. The van der Waals surface area contributed by atoms with Crippen molar-refractivity contribution >= 4 is 37.6 Å². The van der Waals surface area contributed by atoms with E-state index in [-0.39, 0.29) is 6.04 Å². The van der Waals surface area contributed by atoms with Crippen LogP contribution in [0.4, 0.5) is 0 Å². The van der Waals surface area contributed by atoms with E-state index in [0.717, 1.165) is 62.1 Å². The lowest BCUT2D eigenvalue weighted by molar-refractivity contribution is -0.0118. The Hall–Kier alpha value is -3.25. The molecule has 0 bridgehead atoms. The van der Waals surface area contributed by atoms with Crippen LogP contribution in [-0.4, -0.2) is 42.2 Å². The highest BCUT2D eigenvalue weighted by atomic mass is 79.9. The van der Waals surface area contributed by atoms with Crippen LogP contribution < -0.4 is 4.74 Å². The second-order valence-electron chi connectivity index (χ2n) is 11.2. The molecule has 0 radical (unpaired) electrons. The lowest BCUT2D eigenvalue weighted by Gasteiger charge is -2.42. The smallest absolute Gasteiger partial charge is 0.217 e. The van der Waals surface area contributed by atoms with Crippen LogP contribution in [0.25, 0.3) is 21.7 Å². The van der Waals surface area contributed by atoms with Gasteiger partial charge in [0, 0.05) is 27.4 Å². The SMILES string of the molecule is CCCCC(CC(O)(c1cccc2ccccc12)C(c1ccccc1)c1cc2cc(Br)ccc2nc1OC)N(C)C. The topological polar surface area (TPSA) is 45.6 Å². The third-order valence-corrected chi connectivity index (χ3v) is 8.80. The van der Waals surface area contributed by atoms with E-state index in [4.69, 9.17) is 9.72 Å². The molecule has 0 spiro atoms. The third-order valence-electron chi connectivity index (χ3n) is 8.31. The summed E-state index contributed by atoms with van der Waals surface area (Å²) in [5.74, 6) is 0.0895. The van der Waals surface area contributed by atoms with Gasteiger partial charge in [0.1, 0.15) is 5.60 Å². The summed E-state index contributed by atoms with van der Waals surface area (Å²) in [5.41, 5.74) is 2.38. The van der Waals surface area contributed by atoms with Crippen molar-refractivity contribution in [2.75, 3.05) is 21.2 Å². The predicted molar refractivity (Wildman–Crippen MR) is 174 cm³/mol. The summed E-state index contributed by atoms with van der Waals surface area (Å²) >= 11 is 3.64. The number of aromatic nitrogens is 1. The van der Waals surface area contributed by atoms with Crippen LogP contribution in [0, 0.1) is 0 Å². The normalized spacial score (nSPS) is 14.7. The van der Waals surface area contributed by atoms with Crippen LogP contribution in [-0.2, 0) is 5.60 Å². The summed E-state index contributed by atoms with van der Waals surface area (Å²) in [7, 11) is 5.91. The van der Waals surface area contributed by atoms with Gasteiger partial charge in [0.15, 0.2) is 0 Å². The van der Waals surface area contributed by atoms with Crippen molar-refractivity contribution in [1.29, 1.82) is 0 Å². The Morgan fingerprint density at radius 3 is 2.37 bits per heavy atom. The molecule has 0 saturated carbocycles. The zero-order valence-electron chi connectivity index (χ0n) is 24.3. The Bertz CT molecular complexity index is 1620. The molecule has 0 aliphatic carbocycles. The van der Waals surface area contributed by atoms with Crippen molar-refractivity contribution in [3.63, 3.8) is 0 Å². The number of hydrogen-bond acceptors (Lipinski definition) is 4. The minimum Gasteiger partial charge on any atom is -0.481 e. The standard InChI is InChI=1S/C36H39BrN2O2/c1-5-6-17-29(39(2)3)24-36(40,32-19-12-16-25-13-10-11-18-30(25)32)34(26-14-8-7-9-15-26)31-23-27-22-28(37)20-21-33(27)38-35(31)41-4/h7-16,18-23,29,34,40H,5-6,17,24H2,1-4H3. The Morgan fingerprint density at radius 1 is 0.902 bits per heavy atom. The first-order valence-corrected chi connectivity index (χ1v) is 15.2. The summed E-state index contributed by atoms with van der Waals surface area (Å²) in [6, 6.07) is 33.4. The van der Waals surface area contributed by atoms with Gasteiger partial charge in [-0.05, 0) is 73.1 Å². The number of fused-ring (bicyclic) bond motifs is 2.